The number of benzene rings is 1. The first kappa shape index (κ1) is 23.8. The summed E-state index contributed by atoms with van der Waals surface area (Å²) in [4.78, 5) is 32.0. The fraction of sp³-hybridized carbons (Fsp3) is 0.625. The Labute approximate surface area is 189 Å². The molecule has 7 heteroatoms. The zero-order valence-electron chi connectivity index (χ0n) is 18.9. The Morgan fingerprint density at radius 2 is 2.06 bits per heavy atom. The average molecular weight is 445 g/mol. The molecule has 1 saturated heterocycles. The second-order valence-corrected chi connectivity index (χ2v) is 9.41. The zero-order chi connectivity index (χ0) is 22.1. The van der Waals surface area contributed by atoms with Crippen molar-refractivity contribution in [3.63, 3.8) is 0 Å². The van der Waals surface area contributed by atoms with Gasteiger partial charge in [0.2, 0.25) is 5.91 Å². The largest absolute Gasteiger partial charge is 0.356 e. The van der Waals surface area contributed by atoms with Crippen LogP contribution >= 0.6 is 11.8 Å². The van der Waals surface area contributed by atoms with E-state index in [2.05, 4.69) is 22.1 Å². The number of carbonyl (C=O) groups is 1. The Balaban J connectivity index is 1.34. The topological polar surface area (TPSA) is 67.2 Å². The molecule has 3 rings (SSSR count). The summed E-state index contributed by atoms with van der Waals surface area (Å²) in [6.45, 7) is 7.93. The normalized spacial score (nSPS) is 17.2. The number of amides is 1. The number of aromatic nitrogens is 2. The Kier molecular flexibility index (Phi) is 9.40. The minimum atomic E-state index is 0.0222. The van der Waals surface area contributed by atoms with Crippen molar-refractivity contribution in [2.24, 2.45) is 0 Å². The summed E-state index contributed by atoms with van der Waals surface area (Å²) in [7, 11) is 0. The molecule has 0 radical (unpaired) electrons. The number of hydrogen-bond acceptors (Lipinski definition) is 5. The number of unbranched alkanes of at least 4 members (excludes halogenated alkanes) is 1. The first-order chi connectivity index (χ1) is 15.1. The van der Waals surface area contributed by atoms with Crippen LogP contribution in [0.3, 0.4) is 0 Å². The van der Waals surface area contributed by atoms with Gasteiger partial charge in [-0.15, -0.1) is 0 Å². The highest BCUT2D eigenvalue weighted by molar-refractivity contribution is 7.99. The third kappa shape index (κ3) is 6.81. The van der Waals surface area contributed by atoms with Gasteiger partial charge in [-0.25, -0.2) is 4.98 Å². The van der Waals surface area contributed by atoms with Crippen LogP contribution in [0, 0.1) is 0 Å². The Hall–Kier alpha value is -1.86. The number of rotatable bonds is 11. The molecule has 0 saturated carbocycles. The number of piperidine rings is 1. The van der Waals surface area contributed by atoms with E-state index in [4.69, 9.17) is 0 Å². The maximum Gasteiger partial charge on any atom is 0.262 e. The first-order valence-corrected chi connectivity index (χ1v) is 12.7. The van der Waals surface area contributed by atoms with E-state index in [-0.39, 0.29) is 11.5 Å². The van der Waals surface area contributed by atoms with E-state index in [0.29, 0.717) is 24.4 Å². The van der Waals surface area contributed by atoms with Crippen molar-refractivity contribution >= 4 is 28.6 Å². The van der Waals surface area contributed by atoms with Crippen LogP contribution in [-0.4, -0.2) is 51.8 Å². The second-order valence-electron chi connectivity index (χ2n) is 8.35. The second kappa shape index (κ2) is 12.2. The predicted molar refractivity (Wildman–Crippen MR) is 129 cm³/mol. The summed E-state index contributed by atoms with van der Waals surface area (Å²) in [6, 6.07) is 8.18. The van der Waals surface area contributed by atoms with E-state index in [1.165, 1.54) is 25.8 Å². The van der Waals surface area contributed by atoms with Gasteiger partial charge in [-0.3, -0.25) is 14.2 Å². The highest BCUT2D eigenvalue weighted by Gasteiger charge is 2.17. The van der Waals surface area contributed by atoms with E-state index >= 15 is 0 Å². The molecule has 1 amide bonds. The molecule has 1 aromatic carbocycles. The molecule has 170 valence electrons. The molecule has 31 heavy (non-hydrogen) atoms. The van der Waals surface area contributed by atoms with Crippen molar-refractivity contribution in [2.45, 2.75) is 76.5 Å². The highest BCUT2D eigenvalue weighted by Crippen LogP contribution is 2.19. The molecular weight excluding hydrogens is 408 g/mol. The van der Waals surface area contributed by atoms with Gasteiger partial charge in [0.15, 0.2) is 5.16 Å². The van der Waals surface area contributed by atoms with Gasteiger partial charge in [0.25, 0.3) is 5.56 Å². The number of hydrogen-bond donors (Lipinski definition) is 1. The molecule has 2 heterocycles. The Bertz CT molecular complexity index is 914. The summed E-state index contributed by atoms with van der Waals surface area (Å²) < 4.78 is 1.74. The lowest BCUT2D eigenvalue weighted by Crippen LogP contribution is -2.39. The smallest absolute Gasteiger partial charge is 0.262 e. The predicted octanol–water partition coefficient (Wildman–Crippen LogP) is 4.06. The first-order valence-electron chi connectivity index (χ1n) is 11.7. The molecule has 1 aliphatic rings. The van der Waals surface area contributed by atoms with Gasteiger partial charge in [0.1, 0.15) is 0 Å². The van der Waals surface area contributed by atoms with Crippen LogP contribution in [0.15, 0.2) is 34.2 Å². The van der Waals surface area contributed by atoms with Crippen molar-refractivity contribution in [3.05, 3.63) is 34.6 Å². The molecule has 6 nitrogen and oxygen atoms in total. The summed E-state index contributed by atoms with van der Waals surface area (Å²) in [6.07, 6.45) is 7.31. The maximum absolute atomic E-state index is 12.7. The SMILES string of the molecule is CCn1c(SCCCCC(=O)NCCCN2CCCCC2C)nc2ccccc2c1=O. The van der Waals surface area contributed by atoms with Gasteiger partial charge >= 0.3 is 0 Å². The molecule has 1 atom stereocenters. The molecule has 1 aliphatic heterocycles. The van der Waals surface area contributed by atoms with E-state index in [0.717, 1.165) is 48.8 Å². The Morgan fingerprint density at radius 3 is 2.87 bits per heavy atom. The molecule has 1 N–H and O–H groups in total. The zero-order valence-corrected chi connectivity index (χ0v) is 19.8. The van der Waals surface area contributed by atoms with Crippen LogP contribution in [0.1, 0.15) is 58.8 Å². The number of nitrogens with zero attached hydrogens (tertiary/aromatic N) is 3. The summed E-state index contributed by atoms with van der Waals surface area (Å²) in [5.41, 5.74) is 0.770. The van der Waals surface area contributed by atoms with Gasteiger partial charge in [-0.1, -0.05) is 30.3 Å². The molecule has 1 fully saturated rings. The molecule has 1 aromatic heterocycles. The lowest BCUT2D eigenvalue weighted by molar-refractivity contribution is -0.121. The highest BCUT2D eigenvalue weighted by atomic mass is 32.2. The maximum atomic E-state index is 12.7. The number of fused-ring (bicyclic) bond motifs is 1. The number of thioether (sulfide) groups is 1. The van der Waals surface area contributed by atoms with E-state index in [9.17, 15) is 9.59 Å². The van der Waals surface area contributed by atoms with Gasteiger partial charge in [0, 0.05) is 37.8 Å². The van der Waals surface area contributed by atoms with E-state index in [1.54, 1.807) is 16.3 Å². The molecular formula is C24H36N4O2S. The van der Waals surface area contributed by atoms with Gasteiger partial charge < -0.3 is 10.2 Å². The average Bonchev–Trinajstić information content (AvgIpc) is 2.78. The Morgan fingerprint density at radius 1 is 1.23 bits per heavy atom. The standard InChI is InChI=1S/C24H36N4O2S/c1-3-28-23(30)20-12-4-5-13-21(20)26-24(28)31-18-9-7-14-22(29)25-15-10-17-27-16-8-6-11-19(27)2/h4-5,12-13,19H,3,6-11,14-18H2,1-2H3,(H,25,29). The fourth-order valence-corrected chi connectivity index (χ4v) is 5.24. The van der Waals surface area contributed by atoms with E-state index in [1.807, 2.05) is 31.2 Å². The van der Waals surface area contributed by atoms with Crippen LogP contribution in [-0.2, 0) is 11.3 Å². The molecule has 2 aromatic rings. The minimum absolute atomic E-state index is 0.0222. The lowest BCUT2D eigenvalue weighted by Gasteiger charge is -2.33. The van der Waals surface area contributed by atoms with Crippen LogP contribution < -0.4 is 10.9 Å². The molecule has 0 aliphatic carbocycles. The monoisotopic (exact) mass is 444 g/mol. The third-order valence-electron chi connectivity index (χ3n) is 6.06. The van der Waals surface area contributed by atoms with Crippen molar-refractivity contribution in [3.8, 4) is 0 Å². The van der Waals surface area contributed by atoms with Gasteiger partial charge in [-0.05, 0) is 64.6 Å². The fourth-order valence-electron chi connectivity index (χ4n) is 4.18. The minimum Gasteiger partial charge on any atom is -0.356 e. The number of para-hydroxylation sites is 1. The van der Waals surface area contributed by atoms with Crippen molar-refractivity contribution in [2.75, 3.05) is 25.4 Å². The number of carbonyl (C=O) groups excluding carboxylic acids is 1. The van der Waals surface area contributed by atoms with Crippen LogP contribution in [0.4, 0.5) is 0 Å². The van der Waals surface area contributed by atoms with Gasteiger partial charge in [0.05, 0.1) is 10.9 Å². The molecule has 0 bridgehead atoms. The van der Waals surface area contributed by atoms with Crippen molar-refractivity contribution in [1.29, 1.82) is 0 Å². The van der Waals surface area contributed by atoms with Crippen molar-refractivity contribution < 1.29 is 4.79 Å². The van der Waals surface area contributed by atoms with Gasteiger partial charge in [-0.2, -0.15) is 0 Å². The van der Waals surface area contributed by atoms with E-state index < -0.39 is 0 Å². The van der Waals surface area contributed by atoms with Crippen LogP contribution in [0.5, 0.6) is 0 Å². The number of likely N-dealkylation sites (tertiary alicyclic amines) is 1. The summed E-state index contributed by atoms with van der Waals surface area (Å²) >= 11 is 1.60. The summed E-state index contributed by atoms with van der Waals surface area (Å²) in [5.74, 6) is 0.997. The van der Waals surface area contributed by atoms with Crippen LogP contribution in [0.25, 0.3) is 10.9 Å². The third-order valence-corrected chi connectivity index (χ3v) is 7.12. The lowest BCUT2D eigenvalue weighted by atomic mass is 10.0. The quantitative estimate of drug-likeness (QED) is 0.322. The number of nitrogens with one attached hydrogen (secondary N) is 1. The molecule has 0 spiro atoms. The molecule has 1 unspecified atom stereocenters. The van der Waals surface area contributed by atoms with Crippen LogP contribution in [0.2, 0.25) is 0 Å². The van der Waals surface area contributed by atoms with Crippen molar-refractivity contribution in [1.82, 2.24) is 19.8 Å². The summed E-state index contributed by atoms with van der Waals surface area (Å²) in [5, 5.41) is 4.49.